The summed E-state index contributed by atoms with van der Waals surface area (Å²) in [4.78, 5) is 2.19. The van der Waals surface area contributed by atoms with Crippen LogP contribution in [0.5, 0.6) is 0 Å². The van der Waals surface area contributed by atoms with Crippen LogP contribution in [0.25, 0.3) is 0 Å². The van der Waals surface area contributed by atoms with E-state index in [2.05, 4.69) is 17.1 Å². The van der Waals surface area contributed by atoms with E-state index in [1.807, 2.05) is 19.1 Å². The Morgan fingerprint density at radius 1 is 1.39 bits per heavy atom. The highest BCUT2D eigenvalue weighted by Crippen LogP contribution is 2.22. The summed E-state index contributed by atoms with van der Waals surface area (Å²) in [6.45, 7) is 7.03. The van der Waals surface area contributed by atoms with Gasteiger partial charge in [0.2, 0.25) is 0 Å². The number of hydrogen-bond donors (Lipinski definition) is 1. The Morgan fingerprint density at radius 2 is 2.22 bits per heavy atom. The Bertz CT molecular complexity index is 392. The van der Waals surface area contributed by atoms with E-state index in [1.165, 1.54) is 0 Å². The molecular weight excluding hydrogens is 227 g/mol. The second-order valence-corrected chi connectivity index (χ2v) is 5.14. The van der Waals surface area contributed by atoms with Crippen molar-refractivity contribution in [2.45, 2.75) is 39.2 Å². The lowest BCUT2D eigenvalue weighted by Gasteiger charge is -2.30. The fourth-order valence-corrected chi connectivity index (χ4v) is 2.56. The van der Waals surface area contributed by atoms with Crippen LogP contribution in [0.1, 0.15) is 31.7 Å². The van der Waals surface area contributed by atoms with Crippen molar-refractivity contribution >= 4 is 5.69 Å². The van der Waals surface area contributed by atoms with Crippen molar-refractivity contribution in [3.05, 3.63) is 29.6 Å². The predicted molar refractivity (Wildman–Crippen MR) is 74.7 cm³/mol. The van der Waals surface area contributed by atoms with Crippen molar-refractivity contribution < 1.29 is 4.39 Å². The molecule has 1 heterocycles. The number of anilines is 1. The lowest BCUT2D eigenvalue weighted by Crippen LogP contribution is -2.39. The first-order valence-electron chi connectivity index (χ1n) is 6.95. The average Bonchev–Trinajstić information content (AvgIpc) is 2.31. The van der Waals surface area contributed by atoms with E-state index in [4.69, 9.17) is 0 Å². The van der Waals surface area contributed by atoms with Crippen LogP contribution in [0.3, 0.4) is 0 Å². The van der Waals surface area contributed by atoms with Gasteiger partial charge in [-0.3, -0.25) is 0 Å². The largest absolute Gasteiger partial charge is 0.369 e. The minimum atomic E-state index is -0.0865. The van der Waals surface area contributed by atoms with Crippen molar-refractivity contribution in [3.63, 3.8) is 0 Å². The van der Waals surface area contributed by atoms with Crippen molar-refractivity contribution in [1.82, 2.24) is 5.32 Å². The standard InChI is InChI=1S/C15H23FN2/c1-3-13-7-10-18(9-4-8-17-13)15-6-5-12(2)11-14(15)16/h5-6,11,13,17H,3-4,7-10H2,1-2H3. The van der Waals surface area contributed by atoms with Gasteiger partial charge in [-0.2, -0.15) is 0 Å². The summed E-state index contributed by atoms with van der Waals surface area (Å²) >= 11 is 0. The summed E-state index contributed by atoms with van der Waals surface area (Å²) in [6.07, 6.45) is 3.30. The van der Waals surface area contributed by atoms with Crippen LogP contribution in [0.15, 0.2) is 18.2 Å². The Kier molecular flexibility index (Phi) is 4.59. The third kappa shape index (κ3) is 3.22. The monoisotopic (exact) mass is 250 g/mol. The SMILES string of the molecule is CCC1CCN(c2ccc(C)cc2F)CCCN1. The first-order valence-corrected chi connectivity index (χ1v) is 6.95. The lowest BCUT2D eigenvalue weighted by atomic mass is 10.1. The van der Waals surface area contributed by atoms with Gasteiger partial charge in [-0.15, -0.1) is 0 Å². The second-order valence-electron chi connectivity index (χ2n) is 5.14. The molecule has 1 N–H and O–H groups in total. The van der Waals surface area contributed by atoms with Crippen molar-refractivity contribution in [2.24, 2.45) is 0 Å². The normalized spacial score (nSPS) is 21.5. The third-order valence-corrected chi connectivity index (χ3v) is 3.72. The number of hydrogen-bond acceptors (Lipinski definition) is 2. The molecule has 3 heteroatoms. The summed E-state index contributed by atoms with van der Waals surface area (Å²) in [7, 11) is 0. The first kappa shape index (κ1) is 13.3. The molecule has 0 bridgehead atoms. The minimum absolute atomic E-state index is 0.0865. The molecule has 1 aromatic rings. The van der Waals surface area contributed by atoms with Gasteiger partial charge in [0, 0.05) is 19.1 Å². The molecule has 2 nitrogen and oxygen atoms in total. The van der Waals surface area contributed by atoms with Gasteiger partial charge in [-0.25, -0.2) is 4.39 Å². The first-order chi connectivity index (χ1) is 8.70. The van der Waals surface area contributed by atoms with Crippen LogP contribution in [0.2, 0.25) is 0 Å². The zero-order chi connectivity index (χ0) is 13.0. The molecule has 0 saturated carbocycles. The molecule has 0 aliphatic carbocycles. The molecule has 18 heavy (non-hydrogen) atoms. The van der Waals surface area contributed by atoms with E-state index >= 15 is 0 Å². The summed E-state index contributed by atoms with van der Waals surface area (Å²) < 4.78 is 14.0. The molecule has 1 atom stereocenters. The minimum Gasteiger partial charge on any atom is -0.369 e. The van der Waals surface area contributed by atoms with Crippen LogP contribution < -0.4 is 10.2 Å². The third-order valence-electron chi connectivity index (χ3n) is 3.72. The van der Waals surface area contributed by atoms with E-state index < -0.39 is 0 Å². The molecule has 1 saturated heterocycles. The smallest absolute Gasteiger partial charge is 0.146 e. The summed E-state index contributed by atoms with van der Waals surface area (Å²) in [5.74, 6) is -0.0865. The number of aryl methyl sites for hydroxylation is 1. The summed E-state index contributed by atoms with van der Waals surface area (Å²) in [5.41, 5.74) is 1.74. The number of halogens is 1. The molecule has 0 spiro atoms. The summed E-state index contributed by atoms with van der Waals surface area (Å²) in [6, 6.07) is 6.11. The molecule has 0 radical (unpaired) electrons. The highest BCUT2D eigenvalue weighted by molar-refractivity contribution is 5.49. The Hall–Kier alpha value is -1.09. The van der Waals surface area contributed by atoms with Gasteiger partial charge in [0.05, 0.1) is 5.69 Å². The Labute approximate surface area is 109 Å². The number of benzene rings is 1. The number of nitrogens with one attached hydrogen (secondary N) is 1. The van der Waals surface area contributed by atoms with Crippen LogP contribution in [0, 0.1) is 12.7 Å². The van der Waals surface area contributed by atoms with Crippen molar-refractivity contribution in [1.29, 1.82) is 0 Å². The maximum Gasteiger partial charge on any atom is 0.146 e. The van der Waals surface area contributed by atoms with Gasteiger partial charge >= 0.3 is 0 Å². The number of nitrogens with zero attached hydrogens (tertiary/aromatic N) is 1. The van der Waals surface area contributed by atoms with Crippen LogP contribution in [-0.4, -0.2) is 25.7 Å². The topological polar surface area (TPSA) is 15.3 Å². The van der Waals surface area contributed by atoms with E-state index in [0.717, 1.165) is 50.1 Å². The molecule has 0 amide bonds. The van der Waals surface area contributed by atoms with Gasteiger partial charge in [0.25, 0.3) is 0 Å². The molecule has 1 aliphatic rings. The highest BCUT2D eigenvalue weighted by Gasteiger charge is 2.16. The molecule has 2 rings (SSSR count). The summed E-state index contributed by atoms with van der Waals surface area (Å²) in [5, 5.41) is 3.55. The van der Waals surface area contributed by atoms with Gasteiger partial charge < -0.3 is 10.2 Å². The average molecular weight is 250 g/mol. The zero-order valence-corrected chi connectivity index (χ0v) is 11.4. The van der Waals surface area contributed by atoms with Crippen LogP contribution in [0.4, 0.5) is 10.1 Å². The van der Waals surface area contributed by atoms with Gasteiger partial charge in [0.15, 0.2) is 0 Å². The van der Waals surface area contributed by atoms with Gasteiger partial charge in [-0.05, 0) is 50.4 Å². The van der Waals surface area contributed by atoms with Crippen LogP contribution >= 0.6 is 0 Å². The fraction of sp³-hybridized carbons (Fsp3) is 0.600. The molecule has 1 aromatic carbocycles. The maximum atomic E-state index is 14.0. The predicted octanol–water partition coefficient (Wildman–Crippen LogP) is 3.10. The maximum absolute atomic E-state index is 14.0. The molecule has 1 aliphatic heterocycles. The zero-order valence-electron chi connectivity index (χ0n) is 11.4. The van der Waals surface area contributed by atoms with Crippen LogP contribution in [-0.2, 0) is 0 Å². The van der Waals surface area contributed by atoms with E-state index in [-0.39, 0.29) is 5.82 Å². The highest BCUT2D eigenvalue weighted by atomic mass is 19.1. The molecule has 100 valence electrons. The fourth-order valence-electron chi connectivity index (χ4n) is 2.56. The van der Waals surface area contributed by atoms with E-state index in [0.29, 0.717) is 6.04 Å². The van der Waals surface area contributed by atoms with Gasteiger partial charge in [0.1, 0.15) is 5.82 Å². The lowest BCUT2D eigenvalue weighted by molar-refractivity contribution is 0.437. The molecule has 0 aromatic heterocycles. The molecule has 1 unspecified atom stereocenters. The quantitative estimate of drug-likeness (QED) is 0.867. The van der Waals surface area contributed by atoms with E-state index in [9.17, 15) is 4.39 Å². The van der Waals surface area contributed by atoms with E-state index in [1.54, 1.807) is 6.07 Å². The van der Waals surface area contributed by atoms with Crippen molar-refractivity contribution in [2.75, 3.05) is 24.5 Å². The molecule has 1 fully saturated rings. The Balaban J connectivity index is 2.10. The van der Waals surface area contributed by atoms with Gasteiger partial charge in [-0.1, -0.05) is 13.0 Å². The molecular formula is C15H23FN2. The van der Waals surface area contributed by atoms with Crippen molar-refractivity contribution in [3.8, 4) is 0 Å². The second kappa shape index (κ2) is 6.19. The Morgan fingerprint density at radius 3 is 2.94 bits per heavy atom. The number of rotatable bonds is 2.